The summed E-state index contributed by atoms with van der Waals surface area (Å²) in [6, 6.07) is 7.78. The fourth-order valence-corrected chi connectivity index (χ4v) is 1.64. The van der Waals surface area contributed by atoms with E-state index in [0.717, 1.165) is 0 Å². The van der Waals surface area contributed by atoms with Crippen LogP contribution in [0.15, 0.2) is 36.5 Å². The van der Waals surface area contributed by atoms with Crippen LogP contribution >= 0.6 is 11.6 Å². The van der Waals surface area contributed by atoms with Crippen molar-refractivity contribution in [3.8, 4) is 11.6 Å². The predicted octanol–water partition coefficient (Wildman–Crippen LogP) is 3.72. The summed E-state index contributed by atoms with van der Waals surface area (Å²) in [6.45, 7) is 1.58. The van der Waals surface area contributed by atoms with Crippen LogP contribution in [0.3, 0.4) is 0 Å². The molecule has 0 aliphatic carbocycles. The van der Waals surface area contributed by atoms with E-state index < -0.39 is 11.9 Å². The normalized spacial score (nSPS) is 12.2. The molecule has 0 fully saturated rings. The molecule has 0 unspecified atom stereocenters. The van der Waals surface area contributed by atoms with Gasteiger partial charge in [0.15, 0.2) is 11.6 Å². The molecule has 1 heterocycles. The molecular formula is C13H11ClFNO2. The molecule has 0 aliphatic heterocycles. The number of nitrogens with zero attached hydrogens (tertiary/aromatic N) is 1. The zero-order chi connectivity index (χ0) is 13.1. The van der Waals surface area contributed by atoms with Gasteiger partial charge in [0.1, 0.15) is 0 Å². The molecule has 0 radical (unpaired) electrons. The smallest absolute Gasteiger partial charge is 0.225 e. The molecule has 0 spiro atoms. The van der Waals surface area contributed by atoms with Crippen LogP contribution in [0.1, 0.15) is 18.6 Å². The highest BCUT2D eigenvalue weighted by atomic mass is 35.5. The molecule has 0 saturated heterocycles. The van der Waals surface area contributed by atoms with Crippen molar-refractivity contribution in [2.24, 2.45) is 0 Å². The largest absolute Gasteiger partial charge is 0.435 e. The minimum absolute atomic E-state index is 0.0249. The zero-order valence-corrected chi connectivity index (χ0v) is 10.4. The van der Waals surface area contributed by atoms with E-state index in [1.807, 2.05) is 0 Å². The van der Waals surface area contributed by atoms with Crippen LogP contribution in [-0.4, -0.2) is 10.1 Å². The maximum absolute atomic E-state index is 13.7. The van der Waals surface area contributed by atoms with Gasteiger partial charge in [-0.3, -0.25) is 0 Å². The Morgan fingerprint density at radius 3 is 2.83 bits per heavy atom. The second-order valence-corrected chi connectivity index (χ2v) is 4.13. The Morgan fingerprint density at radius 1 is 1.33 bits per heavy atom. The summed E-state index contributed by atoms with van der Waals surface area (Å²) in [5, 5.41) is 9.54. The van der Waals surface area contributed by atoms with Crippen molar-refractivity contribution in [1.82, 2.24) is 4.98 Å². The van der Waals surface area contributed by atoms with E-state index in [1.165, 1.54) is 18.3 Å². The molecule has 1 atom stereocenters. The van der Waals surface area contributed by atoms with Gasteiger partial charge < -0.3 is 9.84 Å². The molecule has 0 bridgehead atoms. The SMILES string of the molecule is C[C@H](O)c1cccnc1Oc1cccc(Cl)c1F. The lowest BCUT2D eigenvalue weighted by molar-refractivity contribution is 0.194. The van der Waals surface area contributed by atoms with Gasteiger partial charge in [-0.2, -0.15) is 0 Å². The highest BCUT2D eigenvalue weighted by Gasteiger charge is 2.14. The second-order valence-electron chi connectivity index (χ2n) is 3.73. The summed E-state index contributed by atoms with van der Waals surface area (Å²) in [5.41, 5.74) is 0.483. The van der Waals surface area contributed by atoms with E-state index >= 15 is 0 Å². The van der Waals surface area contributed by atoms with Crippen LogP contribution in [-0.2, 0) is 0 Å². The van der Waals surface area contributed by atoms with E-state index in [1.54, 1.807) is 25.1 Å². The highest BCUT2D eigenvalue weighted by Crippen LogP contribution is 2.31. The first-order chi connectivity index (χ1) is 8.59. The molecule has 5 heteroatoms. The average molecular weight is 268 g/mol. The van der Waals surface area contributed by atoms with Gasteiger partial charge in [0.05, 0.1) is 11.1 Å². The topological polar surface area (TPSA) is 42.4 Å². The minimum Gasteiger partial charge on any atom is -0.435 e. The maximum atomic E-state index is 13.7. The molecule has 2 rings (SSSR count). The number of hydrogen-bond donors (Lipinski definition) is 1. The fraction of sp³-hybridized carbons (Fsp3) is 0.154. The molecule has 1 N–H and O–H groups in total. The van der Waals surface area contributed by atoms with E-state index in [4.69, 9.17) is 16.3 Å². The number of pyridine rings is 1. The highest BCUT2D eigenvalue weighted by molar-refractivity contribution is 6.30. The number of aromatic nitrogens is 1. The lowest BCUT2D eigenvalue weighted by Gasteiger charge is -2.12. The number of benzene rings is 1. The van der Waals surface area contributed by atoms with E-state index in [2.05, 4.69) is 4.98 Å². The molecule has 94 valence electrons. The van der Waals surface area contributed by atoms with Crippen molar-refractivity contribution in [2.45, 2.75) is 13.0 Å². The van der Waals surface area contributed by atoms with Crippen molar-refractivity contribution >= 4 is 11.6 Å². The first-order valence-electron chi connectivity index (χ1n) is 5.34. The van der Waals surface area contributed by atoms with Crippen LogP contribution in [0.2, 0.25) is 5.02 Å². The molecule has 3 nitrogen and oxygen atoms in total. The second kappa shape index (κ2) is 5.33. The van der Waals surface area contributed by atoms with Gasteiger partial charge in [0, 0.05) is 11.8 Å². The Labute approximate surface area is 109 Å². The number of hydrogen-bond acceptors (Lipinski definition) is 3. The van der Waals surface area contributed by atoms with Crippen LogP contribution in [0, 0.1) is 5.82 Å². The monoisotopic (exact) mass is 267 g/mol. The minimum atomic E-state index is -0.754. The number of aliphatic hydroxyl groups excluding tert-OH is 1. The average Bonchev–Trinajstić information content (AvgIpc) is 2.35. The summed E-state index contributed by atoms with van der Waals surface area (Å²) >= 11 is 5.66. The summed E-state index contributed by atoms with van der Waals surface area (Å²) in [5.74, 6) is -0.516. The summed E-state index contributed by atoms with van der Waals surface area (Å²) in [7, 11) is 0. The van der Waals surface area contributed by atoms with Gasteiger partial charge in [-0.05, 0) is 31.2 Å². The Hall–Kier alpha value is -1.65. The third-order valence-corrected chi connectivity index (χ3v) is 2.67. The van der Waals surface area contributed by atoms with E-state index in [-0.39, 0.29) is 16.7 Å². The lowest BCUT2D eigenvalue weighted by Crippen LogP contribution is -1.99. The number of rotatable bonds is 3. The molecular weight excluding hydrogens is 257 g/mol. The lowest BCUT2D eigenvalue weighted by atomic mass is 10.2. The summed E-state index contributed by atoms with van der Waals surface area (Å²) in [4.78, 5) is 3.97. The van der Waals surface area contributed by atoms with Gasteiger partial charge in [-0.1, -0.05) is 17.7 Å². The number of halogens is 2. The molecule has 0 saturated carbocycles. The summed E-state index contributed by atoms with van der Waals surface area (Å²) < 4.78 is 19.0. The van der Waals surface area contributed by atoms with Crippen molar-refractivity contribution in [3.05, 3.63) is 52.9 Å². The van der Waals surface area contributed by atoms with Crippen LogP contribution in [0.25, 0.3) is 0 Å². The van der Waals surface area contributed by atoms with Crippen molar-refractivity contribution in [2.75, 3.05) is 0 Å². The van der Waals surface area contributed by atoms with E-state index in [9.17, 15) is 9.50 Å². The van der Waals surface area contributed by atoms with Gasteiger partial charge in [-0.15, -0.1) is 0 Å². The molecule has 1 aromatic heterocycles. The first-order valence-corrected chi connectivity index (χ1v) is 5.72. The van der Waals surface area contributed by atoms with Gasteiger partial charge in [0.25, 0.3) is 0 Å². The third-order valence-electron chi connectivity index (χ3n) is 2.37. The van der Waals surface area contributed by atoms with Gasteiger partial charge in [-0.25, -0.2) is 9.37 Å². The fourth-order valence-electron chi connectivity index (χ4n) is 1.47. The van der Waals surface area contributed by atoms with Crippen LogP contribution in [0.4, 0.5) is 4.39 Å². The summed E-state index contributed by atoms with van der Waals surface area (Å²) in [6.07, 6.45) is 0.750. The quantitative estimate of drug-likeness (QED) is 0.922. The van der Waals surface area contributed by atoms with Gasteiger partial charge in [0.2, 0.25) is 5.88 Å². The third kappa shape index (κ3) is 2.60. The Morgan fingerprint density at radius 2 is 2.11 bits per heavy atom. The van der Waals surface area contributed by atoms with Crippen molar-refractivity contribution in [3.63, 3.8) is 0 Å². The molecule has 0 amide bonds. The number of ether oxygens (including phenoxy) is 1. The van der Waals surface area contributed by atoms with Crippen molar-refractivity contribution < 1.29 is 14.2 Å². The van der Waals surface area contributed by atoms with Crippen molar-refractivity contribution in [1.29, 1.82) is 0 Å². The molecule has 18 heavy (non-hydrogen) atoms. The molecule has 0 aliphatic rings. The van der Waals surface area contributed by atoms with Crippen LogP contribution in [0.5, 0.6) is 11.6 Å². The van der Waals surface area contributed by atoms with Gasteiger partial charge >= 0.3 is 0 Å². The zero-order valence-electron chi connectivity index (χ0n) is 9.60. The molecule has 2 aromatic rings. The Balaban J connectivity index is 2.37. The maximum Gasteiger partial charge on any atom is 0.225 e. The number of aliphatic hydroxyl groups is 1. The van der Waals surface area contributed by atoms with E-state index in [0.29, 0.717) is 5.56 Å². The standard InChI is InChI=1S/C13H11ClFNO2/c1-8(17)9-4-3-7-16-13(9)18-11-6-2-5-10(14)12(11)15/h2-8,17H,1H3/t8-/m0/s1. The Kier molecular flexibility index (Phi) is 3.79. The predicted molar refractivity (Wildman–Crippen MR) is 66.4 cm³/mol. The molecule has 1 aromatic carbocycles. The first kappa shape index (κ1) is 12.8. The Bertz CT molecular complexity index is 560. The van der Waals surface area contributed by atoms with Crippen LogP contribution < -0.4 is 4.74 Å².